The predicted octanol–water partition coefficient (Wildman–Crippen LogP) is 0.443. The Bertz CT molecular complexity index is 126. The summed E-state index contributed by atoms with van der Waals surface area (Å²) in [6.45, 7) is 8.46. The van der Waals surface area contributed by atoms with Gasteiger partial charge in [0.2, 0.25) is 0 Å². The third kappa shape index (κ3) is 7.46. The van der Waals surface area contributed by atoms with Gasteiger partial charge < -0.3 is 9.47 Å². The van der Waals surface area contributed by atoms with Crippen LogP contribution < -0.4 is 0 Å². The average molecular weight is 250 g/mol. The first-order valence-electron chi connectivity index (χ1n) is 5.74. The van der Waals surface area contributed by atoms with Crippen LogP contribution in [0.1, 0.15) is 0 Å². The summed E-state index contributed by atoms with van der Waals surface area (Å²) in [7, 11) is 3.52. The second kappa shape index (κ2) is 11.7. The van der Waals surface area contributed by atoms with Crippen molar-refractivity contribution in [1.82, 2.24) is 9.80 Å². The third-order valence-electron chi connectivity index (χ3n) is 2.69. The molecular weight excluding hydrogens is 224 g/mol. The Hall–Kier alpha value is 0.190. The highest BCUT2D eigenvalue weighted by Crippen LogP contribution is 2.00. The van der Waals surface area contributed by atoms with Crippen LogP contribution in [0, 0.1) is 0 Å². The van der Waals surface area contributed by atoms with Gasteiger partial charge in [-0.2, -0.15) is 12.6 Å². The molecule has 1 rings (SSSR count). The van der Waals surface area contributed by atoms with Gasteiger partial charge in [0, 0.05) is 53.5 Å². The van der Waals surface area contributed by atoms with Crippen molar-refractivity contribution in [3.05, 3.63) is 0 Å². The van der Waals surface area contributed by atoms with E-state index in [1.807, 2.05) is 0 Å². The van der Waals surface area contributed by atoms with Crippen LogP contribution in [0.25, 0.3) is 0 Å². The number of hydrogen-bond donors (Lipinski definition) is 1. The minimum Gasteiger partial charge on any atom is -0.383 e. The maximum atomic E-state index is 5.06. The number of nitrogens with zero attached hydrogens (tertiary/aromatic N) is 2. The van der Waals surface area contributed by atoms with Gasteiger partial charge in [0.15, 0.2) is 0 Å². The van der Waals surface area contributed by atoms with E-state index in [1.54, 1.807) is 20.5 Å². The summed E-state index contributed by atoms with van der Waals surface area (Å²) in [5.41, 5.74) is 0. The Kier molecular flexibility index (Phi) is 11.8. The van der Waals surface area contributed by atoms with Gasteiger partial charge in [-0.25, -0.2) is 0 Å². The fourth-order valence-electron chi connectivity index (χ4n) is 1.68. The highest BCUT2D eigenvalue weighted by molar-refractivity contribution is 7.79. The maximum absolute atomic E-state index is 5.06. The van der Waals surface area contributed by atoms with Crippen LogP contribution >= 0.6 is 12.6 Å². The lowest BCUT2D eigenvalue weighted by molar-refractivity contribution is 0.0789. The normalized spacial score (nSPS) is 18.0. The van der Waals surface area contributed by atoms with E-state index >= 15 is 0 Å². The molecule has 4 nitrogen and oxygen atoms in total. The molecule has 0 bridgehead atoms. The summed E-state index contributed by atoms with van der Waals surface area (Å²) in [6, 6.07) is 0. The molecule has 1 aliphatic rings. The highest BCUT2D eigenvalue weighted by Gasteiger charge is 2.15. The first-order chi connectivity index (χ1) is 7.86. The van der Waals surface area contributed by atoms with Crippen LogP contribution in [0.4, 0.5) is 0 Å². The van der Waals surface area contributed by atoms with Crippen LogP contribution in [0.2, 0.25) is 0 Å². The van der Waals surface area contributed by atoms with Crippen molar-refractivity contribution in [2.45, 2.75) is 0 Å². The lowest BCUT2D eigenvalue weighted by Crippen LogP contribution is -2.48. The van der Waals surface area contributed by atoms with Crippen molar-refractivity contribution in [3.8, 4) is 0 Å². The first-order valence-corrected chi connectivity index (χ1v) is 6.63. The van der Waals surface area contributed by atoms with Crippen LogP contribution in [0.5, 0.6) is 0 Å². The Balaban J connectivity index is 0.00000106. The van der Waals surface area contributed by atoms with Crippen LogP contribution in [0.3, 0.4) is 0 Å². The monoisotopic (exact) mass is 250 g/mol. The molecule has 0 aliphatic carbocycles. The summed E-state index contributed by atoms with van der Waals surface area (Å²) in [4.78, 5) is 4.90. The molecule has 0 N–H and O–H groups in total. The summed E-state index contributed by atoms with van der Waals surface area (Å²) in [5, 5.41) is 0. The number of hydrogen-bond acceptors (Lipinski definition) is 5. The van der Waals surface area contributed by atoms with Crippen molar-refractivity contribution >= 4 is 12.6 Å². The van der Waals surface area contributed by atoms with Crippen LogP contribution in [0.15, 0.2) is 0 Å². The van der Waals surface area contributed by atoms with Gasteiger partial charge in [0.1, 0.15) is 0 Å². The molecule has 1 aliphatic heterocycles. The van der Waals surface area contributed by atoms with Gasteiger partial charge in [0.05, 0.1) is 13.2 Å². The quantitative estimate of drug-likeness (QED) is 0.692. The van der Waals surface area contributed by atoms with Crippen molar-refractivity contribution in [1.29, 1.82) is 0 Å². The second-order valence-corrected chi connectivity index (χ2v) is 3.67. The van der Waals surface area contributed by atoms with E-state index in [1.165, 1.54) is 0 Å². The van der Waals surface area contributed by atoms with Gasteiger partial charge in [-0.15, -0.1) is 0 Å². The summed E-state index contributed by atoms with van der Waals surface area (Å²) in [5.74, 6) is 0. The van der Waals surface area contributed by atoms with Crippen LogP contribution in [-0.2, 0) is 9.47 Å². The van der Waals surface area contributed by atoms with Gasteiger partial charge in [-0.05, 0) is 6.26 Å². The smallest absolute Gasteiger partial charge is 0.0589 e. The molecule has 16 heavy (non-hydrogen) atoms. The van der Waals surface area contributed by atoms with Gasteiger partial charge in [-0.1, -0.05) is 0 Å². The average Bonchev–Trinajstić information content (AvgIpc) is 2.37. The Morgan fingerprint density at radius 2 is 1.12 bits per heavy atom. The van der Waals surface area contributed by atoms with Gasteiger partial charge in [-0.3, -0.25) is 9.80 Å². The minimum atomic E-state index is 0.845. The maximum Gasteiger partial charge on any atom is 0.0589 e. The zero-order valence-corrected chi connectivity index (χ0v) is 11.7. The lowest BCUT2D eigenvalue weighted by atomic mass is 10.3. The number of rotatable bonds is 6. The first kappa shape index (κ1) is 16.2. The molecule has 0 aromatic heterocycles. The molecule has 0 amide bonds. The minimum absolute atomic E-state index is 0.845. The Morgan fingerprint density at radius 3 is 1.38 bits per heavy atom. The molecule has 98 valence electrons. The molecule has 0 radical (unpaired) electrons. The molecule has 0 aromatic carbocycles. The van der Waals surface area contributed by atoms with E-state index in [0.29, 0.717) is 0 Å². The van der Waals surface area contributed by atoms with Gasteiger partial charge in [0.25, 0.3) is 0 Å². The number of methoxy groups -OCH3 is 2. The predicted molar refractivity (Wildman–Crippen MR) is 71.5 cm³/mol. The van der Waals surface area contributed by atoms with E-state index in [9.17, 15) is 0 Å². The number of piperazine rings is 1. The zero-order chi connectivity index (χ0) is 12.2. The molecule has 1 heterocycles. The third-order valence-corrected chi connectivity index (χ3v) is 2.69. The SMILES string of the molecule is COCCN1CCN(CCOC)CC1.CS. The molecule has 0 spiro atoms. The topological polar surface area (TPSA) is 24.9 Å². The fraction of sp³-hybridized carbons (Fsp3) is 1.00. The zero-order valence-electron chi connectivity index (χ0n) is 10.8. The molecule has 0 unspecified atom stereocenters. The summed E-state index contributed by atoms with van der Waals surface area (Å²) >= 11 is 3.53. The molecule has 0 aromatic rings. The molecular formula is C11H26N2O2S. The van der Waals surface area contributed by atoms with E-state index in [4.69, 9.17) is 9.47 Å². The lowest BCUT2D eigenvalue weighted by Gasteiger charge is -2.34. The molecule has 1 fully saturated rings. The van der Waals surface area contributed by atoms with E-state index < -0.39 is 0 Å². The Morgan fingerprint density at radius 1 is 0.812 bits per heavy atom. The van der Waals surface area contributed by atoms with Crippen molar-refractivity contribution < 1.29 is 9.47 Å². The molecule has 1 saturated heterocycles. The standard InChI is InChI=1S/C10H22N2O2.CH4S/c1-13-9-7-11-3-5-12(6-4-11)8-10-14-2;1-2/h3-10H2,1-2H3;2H,1H3. The number of ether oxygens (including phenoxy) is 2. The van der Waals surface area contributed by atoms with Crippen molar-refractivity contribution in [2.75, 3.05) is 73.0 Å². The van der Waals surface area contributed by atoms with Crippen LogP contribution in [-0.4, -0.2) is 82.8 Å². The second-order valence-electron chi connectivity index (χ2n) is 3.67. The van der Waals surface area contributed by atoms with E-state index in [2.05, 4.69) is 22.4 Å². The molecule has 0 atom stereocenters. The highest BCUT2D eigenvalue weighted by atomic mass is 32.1. The fourth-order valence-corrected chi connectivity index (χ4v) is 1.68. The molecule has 5 heteroatoms. The Labute approximate surface area is 105 Å². The van der Waals surface area contributed by atoms with E-state index in [-0.39, 0.29) is 0 Å². The molecule has 0 saturated carbocycles. The summed E-state index contributed by atoms with van der Waals surface area (Å²) in [6.07, 6.45) is 1.69. The summed E-state index contributed by atoms with van der Waals surface area (Å²) < 4.78 is 10.1. The van der Waals surface area contributed by atoms with Crippen molar-refractivity contribution in [2.24, 2.45) is 0 Å². The van der Waals surface area contributed by atoms with Gasteiger partial charge >= 0.3 is 0 Å². The number of thiol groups is 1. The van der Waals surface area contributed by atoms with E-state index in [0.717, 1.165) is 52.5 Å². The largest absolute Gasteiger partial charge is 0.383 e. The van der Waals surface area contributed by atoms with Crippen molar-refractivity contribution in [3.63, 3.8) is 0 Å².